The van der Waals surface area contributed by atoms with Crippen LogP contribution in [0.3, 0.4) is 0 Å². The first-order valence-corrected chi connectivity index (χ1v) is 7.63. The van der Waals surface area contributed by atoms with Crippen LogP contribution in [0.25, 0.3) is 0 Å². The molecule has 1 aliphatic heterocycles. The summed E-state index contributed by atoms with van der Waals surface area (Å²) in [6.45, 7) is 2.61. The number of nitrogens with one attached hydrogen (secondary N) is 1. The molecule has 0 aromatic heterocycles. The fourth-order valence-electron chi connectivity index (χ4n) is 2.24. The normalized spacial score (nSPS) is 23.2. The molecule has 0 saturated carbocycles. The lowest BCUT2D eigenvalue weighted by atomic mass is 10.0. The van der Waals surface area contributed by atoms with Crippen molar-refractivity contribution in [2.24, 2.45) is 0 Å². The minimum atomic E-state index is -4.30. The summed E-state index contributed by atoms with van der Waals surface area (Å²) in [7, 11) is 0. The van der Waals surface area contributed by atoms with Crippen molar-refractivity contribution in [1.29, 1.82) is 0 Å². The number of thioether (sulfide) groups is 1. The van der Waals surface area contributed by atoms with Gasteiger partial charge in [-0.2, -0.15) is 24.9 Å². The van der Waals surface area contributed by atoms with Crippen molar-refractivity contribution in [3.8, 4) is 0 Å². The quantitative estimate of drug-likeness (QED) is 0.897. The summed E-state index contributed by atoms with van der Waals surface area (Å²) >= 11 is 1.72. The Balaban J connectivity index is 1.93. The summed E-state index contributed by atoms with van der Waals surface area (Å²) < 4.78 is 37.7. The van der Waals surface area contributed by atoms with Gasteiger partial charge in [-0.25, -0.2) is 0 Å². The molecule has 6 heteroatoms. The van der Waals surface area contributed by atoms with E-state index in [0.717, 1.165) is 29.9 Å². The lowest BCUT2D eigenvalue weighted by molar-refractivity contribution is -0.137. The second-order valence-corrected chi connectivity index (χ2v) is 6.37. The van der Waals surface area contributed by atoms with Crippen molar-refractivity contribution in [3.05, 3.63) is 34.9 Å². The molecule has 0 spiro atoms. The van der Waals surface area contributed by atoms with Crippen LogP contribution in [0.5, 0.6) is 0 Å². The van der Waals surface area contributed by atoms with E-state index in [1.807, 2.05) is 0 Å². The van der Waals surface area contributed by atoms with Crippen LogP contribution in [-0.2, 0) is 12.7 Å². The van der Waals surface area contributed by atoms with Crippen LogP contribution in [0, 0.1) is 6.92 Å². The summed E-state index contributed by atoms with van der Waals surface area (Å²) in [5.41, 5.74) is 0.140. The van der Waals surface area contributed by atoms with Gasteiger partial charge >= 0.3 is 6.18 Å². The van der Waals surface area contributed by atoms with Gasteiger partial charge in [-0.05, 0) is 42.4 Å². The zero-order valence-electron chi connectivity index (χ0n) is 11.3. The van der Waals surface area contributed by atoms with Gasteiger partial charge in [0.2, 0.25) is 0 Å². The second kappa shape index (κ2) is 5.95. The zero-order valence-corrected chi connectivity index (χ0v) is 12.1. The summed E-state index contributed by atoms with van der Waals surface area (Å²) in [5.74, 6) is 1.67. The molecule has 2 nitrogen and oxygen atoms in total. The minimum absolute atomic E-state index is 0.469. The van der Waals surface area contributed by atoms with Crippen LogP contribution in [0.1, 0.15) is 23.1 Å². The highest BCUT2D eigenvalue weighted by Crippen LogP contribution is 2.30. The Kier molecular flexibility index (Phi) is 4.66. The molecule has 112 valence electrons. The Labute approximate surface area is 120 Å². The van der Waals surface area contributed by atoms with Crippen molar-refractivity contribution in [3.63, 3.8) is 0 Å². The van der Waals surface area contributed by atoms with Gasteiger partial charge in [0.25, 0.3) is 0 Å². The van der Waals surface area contributed by atoms with E-state index in [4.69, 9.17) is 0 Å². The van der Waals surface area contributed by atoms with Gasteiger partial charge in [0.1, 0.15) is 0 Å². The maximum absolute atomic E-state index is 12.6. The number of hydrogen-bond acceptors (Lipinski definition) is 3. The maximum atomic E-state index is 12.6. The van der Waals surface area contributed by atoms with Crippen LogP contribution in [0.4, 0.5) is 13.2 Å². The molecule has 1 fully saturated rings. The van der Waals surface area contributed by atoms with Crippen LogP contribution in [-0.4, -0.2) is 28.8 Å². The third-order valence-corrected chi connectivity index (χ3v) is 4.76. The molecule has 1 saturated heterocycles. The standard InChI is InChI=1S/C14H18F3NOS/c1-10-6-12(14(15,16)17)3-2-11(10)7-18-8-13(19)4-5-20-9-13/h2-3,6,18-19H,4-5,7-9H2,1H3. The Morgan fingerprint density at radius 1 is 1.40 bits per heavy atom. The van der Waals surface area contributed by atoms with E-state index in [-0.39, 0.29) is 0 Å². The summed E-state index contributed by atoms with van der Waals surface area (Å²) in [6.07, 6.45) is -3.54. The van der Waals surface area contributed by atoms with Crippen LogP contribution in [0.15, 0.2) is 18.2 Å². The molecule has 0 radical (unpaired) electrons. The SMILES string of the molecule is Cc1cc(C(F)(F)F)ccc1CNCC1(O)CCSC1. The Bertz CT molecular complexity index is 470. The van der Waals surface area contributed by atoms with E-state index in [1.165, 1.54) is 6.07 Å². The van der Waals surface area contributed by atoms with Crippen molar-refractivity contribution >= 4 is 11.8 Å². The fraction of sp³-hybridized carbons (Fsp3) is 0.571. The number of alkyl halides is 3. The molecule has 1 aliphatic rings. The third-order valence-electron chi connectivity index (χ3n) is 3.52. The summed E-state index contributed by atoms with van der Waals surface area (Å²) in [4.78, 5) is 0. The van der Waals surface area contributed by atoms with Crippen LogP contribution >= 0.6 is 11.8 Å². The van der Waals surface area contributed by atoms with E-state index in [0.29, 0.717) is 24.4 Å². The predicted molar refractivity (Wildman–Crippen MR) is 74.8 cm³/mol. The monoisotopic (exact) mass is 305 g/mol. The molecule has 0 bridgehead atoms. The number of rotatable bonds is 4. The Morgan fingerprint density at radius 3 is 2.70 bits per heavy atom. The molecule has 2 rings (SSSR count). The summed E-state index contributed by atoms with van der Waals surface area (Å²) in [6, 6.07) is 3.76. The lowest BCUT2D eigenvalue weighted by Gasteiger charge is -2.22. The predicted octanol–water partition coefficient (Wildman–Crippen LogP) is 2.97. The second-order valence-electron chi connectivity index (χ2n) is 5.27. The van der Waals surface area contributed by atoms with E-state index in [9.17, 15) is 18.3 Å². The van der Waals surface area contributed by atoms with Gasteiger partial charge in [-0.15, -0.1) is 0 Å². The van der Waals surface area contributed by atoms with Gasteiger partial charge < -0.3 is 10.4 Å². The average molecular weight is 305 g/mol. The molecule has 1 atom stereocenters. The molecule has 1 aromatic carbocycles. The van der Waals surface area contributed by atoms with Crippen LogP contribution in [0.2, 0.25) is 0 Å². The molecule has 1 heterocycles. The largest absolute Gasteiger partial charge is 0.416 e. The highest BCUT2D eigenvalue weighted by molar-refractivity contribution is 7.99. The number of aryl methyl sites for hydroxylation is 1. The highest BCUT2D eigenvalue weighted by atomic mass is 32.2. The molecular formula is C14H18F3NOS. The fourth-order valence-corrected chi connectivity index (χ4v) is 3.53. The van der Waals surface area contributed by atoms with E-state index in [1.54, 1.807) is 18.7 Å². The first kappa shape index (κ1) is 15.7. The van der Waals surface area contributed by atoms with E-state index < -0.39 is 17.3 Å². The molecule has 20 heavy (non-hydrogen) atoms. The molecule has 0 amide bonds. The van der Waals surface area contributed by atoms with Gasteiger partial charge in [0.05, 0.1) is 11.2 Å². The number of halogens is 3. The lowest BCUT2D eigenvalue weighted by Crippen LogP contribution is -2.40. The first-order chi connectivity index (χ1) is 9.30. The number of hydrogen-bond donors (Lipinski definition) is 2. The minimum Gasteiger partial charge on any atom is -0.388 e. The van der Waals surface area contributed by atoms with Gasteiger partial charge in [0.15, 0.2) is 0 Å². The van der Waals surface area contributed by atoms with Crippen molar-refractivity contribution in [2.45, 2.75) is 31.7 Å². The molecule has 1 unspecified atom stereocenters. The van der Waals surface area contributed by atoms with Crippen molar-refractivity contribution in [2.75, 3.05) is 18.1 Å². The highest BCUT2D eigenvalue weighted by Gasteiger charge is 2.32. The smallest absolute Gasteiger partial charge is 0.388 e. The molecular weight excluding hydrogens is 287 g/mol. The summed E-state index contributed by atoms with van der Waals surface area (Å²) in [5, 5.41) is 13.3. The average Bonchev–Trinajstić information content (AvgIpc) is 2.77. The Morgan fingerprint density at radius 2 is 2.15 bits per heavy atom. The van der Waals surface area contributed by atoms with Gasteiger partial charge in [-0.3, -0.25) is 0 Å². The first-order valence-electron chi connectivity index (χ1n) is 6.48. The zero-order chi connectivity index (χ0) is 14.8. The molecule has 1 aromatic rings. The third kappa shape index (κ3) is 3.90. The van der Waals surface area contributed by atoms with Gasteiger partial charge in [0, 0.05) is 18.8 Å². The molecule has 2 N–H and O–H groups in total. The number of aliphatic hydroxyl groups is 1. The molecule has 0 aliphatic carbocycles. The maximum Gasteiger partial charge on any atom is 0.416 e. The van der Waals surface area contributed by atoms with Gasteiger partial charge in [-0.1, -0.05) is 6.07 Å². The topological polar surface area (TPSA) is 32.3 Å². The van der Waals surface area contributed by atoms with Crippen molar-refractivity contribution < 1.29 is 18.3 Å². The van der Waals surface area contributed by atoms with E-state index in [2.05, 4.69) is 5.32 Å². The van der Waals surface area contributed by atoms with Crippen molar-refractivity contribution in [1.82, 2.24) is 5.32 Å². The van der Waals surface area contributed by atoms with Crippen LogP contribution < -0.4 is 5.32 Å². The van der Waals surface area contributed by atoms with E-state index >= 15 is 0 Å². The Hall–Kier alpha value is -0.720. The number of benzene rings is 1.